The molecule has 0 saturated carbocycles. The maximum atomic E-state index is 5.58. The fourth-order valence-electron chi connectivity index (χ4n) is 2.21. The highest BCUT2D eigenvalue weighted by atomic mass is 14.7. The topological polar surface area (TPSA) is 8.72 Å². The quantitative estimate of drug-likeness (QED) is 0.727. The van der Waals surface area contributed by atoms with Gasteiger partial charge in [-0.2, -0.15) is 0 Å². The Bertz CT molecular complexity index is 686. The SMILES string of the molecule is C#[N+]/C(=C(/C)C([N+]#C)c1ccccc1)c1ccccc1. The average molecular weight is 260 g/mol. The molecule has 96 valence electrons. The van der Waals surface area contributed by atoms with Crippen molar-refractivity contribution in [3.8, 4) is 13.1 Å². The summed E-state index contributed by atoms with van der Waals surface area (Å²) >= 11 is 0. The summed E-state index contributed by atoms with van der Waals surface area (Å²) in [5, 5.41) is 0. The van der Waals surface area contributed by atoms with Crippen molar-refractivity contribution in [2.24, 2.45) is 0 Å². The van der Waals surface area contributed by atoms with Gasteiger partial charge in [-0.25, -0.2) is 0 Å². The van der Waals surface area contributed by atoms with E-state index < -0.39 is 0 Å². The van der Waals surface area contributed by atoms with Crippen LogP contribution in [-0.4, -0.2) is 0 Å². The Labute approximate surface area is 119 Å². The third-order valence-corrected chi connectivity index (χ3v) is 3.22. The Balaban J connectivity index is 2.51. The second kappa shape index (κ2) is 6.36. The number of benzene rings is 2. The van der Waals surface area contributed by atoms with Crippen LogP contribution in [0.4, 0.5) is 0 Å². The second-order valence-corrected chi connectivity index (χ2v) is 4.49. The van der Waals surface area contributed by atoms with E-state index in [1.807, 2.05) is 67.6 Å². The summed E-state index contributed by atoms with van der Waals surface area (Å²) in [5.41, 5.74) is 3.61. The van der Waals surface area contributed by atoms with Crippen molar-refractivity contribution in [3.63, 3.8) is 0 Å². The molecule has 0 fully saturated rings. The molecule has 0 saturated heterocycles. The van der Waals surface area contributed by atoms with Crippen LogP contribution in [0, 0.1) is 13.1 Å². The molecule has 0 bridgehead atoms. The van der Waals surface area contributed by atoms with Gasteiger partial charge in [-0.1, -0.05) is 53.4 Å². The van der Waals surface area contributed by atoms with E-state index in [9.17, 15) is 0 Å². The fourth-order valence-corrected chi connectivity index (χ4v) is 2.21. The standard InChI is InChI=1S/C18H16N2/c1-14(17(19-2)15-10-6-4-7-11-15)18(20-3)16-12-8-5-9-13-16/h2-13,17H,1H3/q+2/b18-14-. The maximum absolute atomic E-state index is 5.58. The summed E-state index contributed by atoms with van der Waals surface area (Å²) in [6, 6.07) is 19.4. The van der Waals surface area contributed by atoms with E-state index in [4.69, 9.17) is 13.1 Å². The fraction of sp³-hybridized carbons (Fsp3) is 0.111. The van der Waals surface area contributed by atoms with Crippen LogP contribution < -0.4 is 0 Å². The molecule has 0 radical (unpaired) electrons. The summed E-state index contributed by atoms with van der Waals surface area (Å²) in [6.45, 7) is 13.1. The highest BCUT2D eigenvalue weighted by Crippen LogP contribution is 2.32. The first-order chi connectivity index (χ1) is 9.77. The molecular weight excluding hydrogens is 244 g/mol. The lowest BCUT2D eigenvalue weighted by Crippen LogP contribution is -1.97. The molecule has 0 heterocycles. The van der Waals surface area contributed by atoms with Gasteiger partial charge in [0.05, 0.1) is 5.56 Å². The molecule has 1 atom stereocenters. The molecule has 20 heavy (non-hydrogen) atoms. The van der Waals surface area contributed by atoms with Gasteiger partial charge >= 0.3 is 11.7 Å². The highest BCUT2D eigenvalue weighted by molar-refractivity contribution is 5.75. The first-order valence-corrected chi connectivity index (χ1v) is 6.40. The van der Waals surface area contributed by atoms with E-state index >= 15 is 0 Å². The zero-order valence-corrected chi connectivity index (χ0v) is 11.4. The Morgan fingerprint density at radius 2 is 1.45 bits per heavy atom. The summed E-state index contributed by atoms with van der Waals surface area (Å²) in [5.74, 6) is 0. The van der Waals surface area contributed by atoms with Crippen molar-refractivity contribution in [2.45, 2.75) is 13.0 Å². The molecule has 2 rings (SSSR count). The van der Waals surface area contributed by atoms with E-state index in [1.165, 1.54) is 0 Å². The molecule has 2 aromatic rings. The predicted octanol–water partition coefficient (Wildman–Crippen LogP) is 5.08. The third-order valence-electron chi connectivity index (χ3n) is 3.22. The average Bonchev–Trinajstić information content (AvgIpc) is 2.51. The molecule has 0 amide bonds. The van der Waals surface area contributed by atoms with Crippen LogP contribution >= 0.6 is 0 Å². The van der Waals surface area contributed by atoms with Gasteiger partial charge in [-0.15, -0.1) is 0 Å². The van der Waals surface area contributed by atoms with E-state index in [0.29, 0.717) is 5.70 Å². The molecule has 2 heteroatoms. The normalized spacial score (nSPS) is 12.8. The lowest BCUT2D eigenvalue weighted by molar-refractivity contribution is 0.991. The summed E-state index contributed by atoms with van der Waals surface area (Å²) in [7, 11) is 0. The number of nitrogens with zero attached hydrogens (tertiary/aromatic N) is 2. The van der Waals surface area contributed by atoms with Crippen LogP contribution in [0.5, 0.6) is 0 Å². The second-order valence-electron chi connectivity index (χ2n) is 4.49. The van der Waals surface area contributed by atoms with Gasteiger partial charge in [0.1, 0.15) is 5.57 Å². The van der Waals surface area contributed by atoms with Gasteiger partial charge in [0, 0.05) is 5.56 Å². The monoisotopic (exact) mass is 260 g/mol. The minimum absolute atomic E-state index is 0.251. The molecule has 0 aromatic heterocycles. The minimum Gasteiger partial charge on any atom is -0.0732 e. The lowest BCUT2D eigenvalue weighted by Gasteiger charge is -2.02. The number of rotatable bonds is 3. The van der Waals surface area contributed by atoms with Crippen LogP contribution in [0.25, 0.3) is 15.4 Å². The van der Waals surface area contributed by atoms with E-state index in [0.717, 1.165) is 16.7 Å². The van der Waals surface area contributed by atoms with Gasteiger partial charge < -0.3 is 0 Å². The minimum atomic E-state index is -0.251. The molecule has 0 N–H and O–H groups in total. The highest BCUT2D eigenvalue weighted by Gasteiger charge is 2.30. The van der Waals surface area contributed by atoms with Gasteiger partial charge in [0.2, 0.25) is 0 Å². The first-order valence-electron chi connectivity index (χ1n) is 6.40. The molecule has 2 aromatic carbocycles. The van der Waals surface area contributed by atoms with Crippen LogP contribution in [-0.2, 0) is 0 Å². The predicted molar refractivity (Wildman–Crippen MR) is 84.8 cm³/mol. The van der Waals surface area contributed by atoms with Crippen LogP contribution in [0.1, 0.15) is 24.1 Å². The van der Waals surface area contributed by atoms with Crippen LogP contribution in [0.15, 0.2) is 66.2 Å². The summed E-state index contributed by atoms with van der Waals surface area (Å²) in [4.78, 5) is 7.90. The maximum Gasteiger partial charge on any atom is 0.354 e. The van der Waals surface area contributed by atoms with Crippen molar-refractivity contribution in [3.05, 3.63) is 87.1 Å². The number of hydrogen-bond acceptors (Lipinski definition) is 0. The molecule has 0 aliphatic heterocycles. The van der Waals surface area contributed by atoms with E-state index in [1.54, 1.807) is 0 Å². The lowest BCUT2D eigenvalue weighted by atomic mass is 9.96. The first kappa shape index (κ1) is 13.6. The summed E-state index contributed by atoms with van der Waals surface area (Å²) in [6.07, 6.45) is 0. The van der Waals surface area contributed by atoms with Gasteiger partial charge in [0.15, 0.2) is 0 Å². The van der Waals surface area contributed by atoms with Crippen molar-refractivity contribution >= 4 is 5.70 Å². The van der Waals surface area contributed by atoms with Gasteiger partial charge in [-0.05, 0) is 23.9 Å². The van der Waals surface area contributed by atoms with Crippen LogP contribution in [0.2, 0.25) is 0 Å². The van der Waals surface area contributed by atoms with Crippen LogP contribution in [0.3, 0.4) is 0 Å². The van der Waals surface area contributed by atoms with Crippen molar-refractivity contribution in [1.82, 2.24) is 0 Å². The Morgan fingerprint density at radius 3 is 1.95 bits per heavy atom. The molecule has 0 aliphatic carbocycles. The largest absolute Gasteiger partial charge is 0.354 e. The zero-order chi connectivity index (χ0) is 14.4. The van der Waals surface area contributed by atoms with Crippen molar-refractivity contribution in [2.75, 3.05) is 0 Å². The smallest absolute Gasteiger partial charge is 0.0732 e. The Hall–Kier alpha value is -2.84. The van der Waals surface area contributed by atoms with Gasteiger partial charge in [0.25, 0.3) is 13.1 Å². The molecule has 2 nitrogen and oxygen atoms in total. The van der Waals surface area contributed by atoms with E-state index in [2.05, 4.69) is 9.69 Å². The summed E-state index contributed by atoms with van der Waals surface area (Å²) < 4.78 is 0. The number of hydrogen-bond donors (Lipinski definition) is 0. The van der Waals surface area contributed by atoms with Crippen molar-refractivity contribution < 1.29 is 0 Å². The Morgan fingerprint density at radius 1 is 0.900 bits per heavy atom. The molecule has 1 unspecified atom stereocenters. The zero-order valence-electron chi connectivity index (χ0n) is 11.4. The Kier molecular flexibility index (Phi) is 4.32. The molecule has 0 aliphatic rings. The third kappa shape index (κ3) is 2.76. The van der Waals surface area contributed by atoms with Gasteiger partial charge in [-0.3, -0.25) is 0 Å². The van der Waals surface area contributed by atoms with Crippen molar-refractivity contribution in [1.29, 1.82) is 0 Å². The molecular formula is C18H16N2+2. The molecule has 0 spiro atoms. The van der Waals surface area contributed by atoms with E-state index in [-0.39, 0.29) is 6.04 Å².